The predicted molar refractivity (Wildman–Crippen MR) is 114 cm³/mol. The molecule has 160 valence electrons. The molecule has 3 aliphatic rings. The summed E-state index contributed by atoms with van der Waals surface area (Å²) in [5.74, 6) is -0.108. The van der Waals surface area contributed by atoms with E-state index in [9.17, 15) is 13.2 Å². The molecule has 0 unspecified atom stereocenters. The van der Waals surface area contributed by atoms with Crippen LogP contribution in [-0.4, -0.2) is 73.7 Å². The number of hydrogen-bond acceptors (Lipinski definition) is 4. The summed E-state index contributed by atoms with van der Waals surface area (Å²) < 4.78 is 27.6. The van der Waals surface area contributed by atoms with E-state index in [4.69, 9.17) is 11.6 Å². The van der Waals surface area contributed by atoms with E-state index in [0.717, 1.165) is 32.4 Å². The standard InChI is InChI=1S/C21H30ClN3O3S/c22-19-9-8-17(16-20(19)29(27,28)25-10-4-1-5-11-25)21(26)24-14-12-23(13-15-24)18-6-2-3-7-18/h8-9,16,18H,1-7,10-15H2. The lowest BCUT2D eigenvalue weighted by Crippen LogP contribution is -2.51. The van der Waals surface area contributed by atoms with Crippen molar-refractivity contribution >= 4 is 27.5 Å². The van der Waals surface area contributed by atoms with E-state index >= 15 is 0 Å². The van der Waals surface area contributed by atoms with Gasteiger partial charge in [0, 0.05) is 50.9 Å². The summed E-state index contributed by atoms with van der Waals surface area (Å²) in [6.07, 6.45) is 7.92. The van der Waals surface area contributed by atoms with Crippen LogP contribution in [0.3, 0.4) is 0 Å². The minimum Gasteiger partial charge on any atom is -0.336 e. The topological polar surface area (TPSA) is 60.9 Å². The van der Waals surface area contributed by atoms with Crippen molar-refractivity contribution < 1.29 is 13.2 Å². The molecular weight excluding hydrogens is 410 g/mol. The van der Waals surface area contributed by atoms with E-state index in [1.807, 2.05) is 4.90 Å². The molecule has 0 spiro atoms. The molecule has 6 nitrogen and oxygen atoms in total. The molecule has 1 aromatic carbocycles. The second kappa shape index (κ2) is 8.92. The summed E-state index contributed by atoms with van der Waals surface area (Å²) in [6.45, 7) is 4.18. The van der Waals surface area contributed by atoms with Gasteiger partial charge in [0.1, 0.15) is 4.90 Å². The van der Waals surface area contributed by atoms with E-state index in [1.165, 1.54) is 36.1 Å². The number of carbonyl (C=O) groups excluding carboxylic acids is 1. The molecule has 1 aromatic rings. The van der Waals surface area contributed by atoms with Crippen molar-refractivity contribution in [2.75, 3.05) is 39.3 Å². The van der Waals surface area contributed by atoms with Gasteiger partial charge in [-0.05, 0) is 43.9 Å². The lowest BCUT2D eigenvalue weighted by molar-refractivity contribution is 0.0573. The molecule has 29 heavy (non-hydrogen) atoms. The quantitative estimate of drug-likeness (QED) is 0.722. The number of rotatable bonds is 4. The molecule has 1 aliphatic carbocycles. The van der Waals surface area contributed by atoms with Crippen molar-refractivity contribution in [3.63, 3.8) is 0 Å². The maximum Gasteiger partial charge on any atom is 0.253 e. The second-order valence-corrected chi connectivity index (χ2v) is 10.7. The number of hydrogen-bond donors (Lipinski definition) is 0. The number of sulfonamides is 1. The molecule has 2 aliphatic heterocycles. The molecule has 3 fully saturated rings. The maximum absolute atomic E-state index is 13.1. The average Bonchev–Trinajstić information content (AvgIpc) is 3.29. The first-order chi connectivity index (χ1) is 14.0. The van der Waals surface area contributed by atoms with Crippen molar-refractivity contribution in [3.05, 3.63) is 28.8 Å². The molecular formula is C21H30ClN3O3S. The average molecular weight is 440 g/mol. The number of benzene rings is 1. The Morgan fingerprint density at radius 2 is 1.55 bits per heavy atom. The Morgan fingerprint density at radius 1 is 0.897 bits per heavy atom. The van der Waals surface area contributed by atoms with E-state index in [2.05, 4.69) is 4.90 Å². The van der Waals surface area contributed by atoms with E-state index in [1.54, 1.807) is 12.1 Å². The summed E-state index contributed by atoms with van der Waals surface area (Å²) >= 11 is 6.24. The van der Waals surface area contributed by atoms with E-state index in [0.29, 0.717) is 37.8 Å². The normalized spacial score (nSPS) is 22.9. The smallest absolute Gasteiger partial charge is 0.253 e. The van der Waals surface area contributed by atoms with Crippen LogP contribution in [-0.2, 0) is 10.0 Å². The van der Waals surface area contributed by atoms with Gasteiger partial charge in [0.2, 0.25) is 10.0 Å². The predicted octanol–water partition coefficient (Wildman–Crippen LogP) is 3.22. The highest BCUT2D eigenvalue weighted by molar-refractivity contribution is 7.89. The first-order valence-corrected chi connectivity index (χ1v) is 12.6. The highest BCUT2D eigenvalue weighted by atomic mass is 35.5. The van der Waals surface area contributed by atoms with Crippen LogP contribution >= 0.6 is 11.6 Å². The van der Waals surface area contributed by atoms with Gasteiger partial charge in [-0.2, -0.15) is 4.31 Å². The first kappa shape index (κ1) is 21.1. The van der Waals surface area contributed by atoms with Crippen LogP contribution in [0, 0.1) is 0 Å². The zero-order valence-corrected chi connectivity index (χ0v) is 18.4. The number of nitrogens with zero attached hydrogens (tertiary/aromatic N) is 3. The number of halogens is 1. The van der Waals surface area contributed by atoms with E-state index < -0.39 is 10.0 Å². The number of piperazine rings is 1. The van der Waals surface area contributed by atoms with Gasteiger partial charge in [0.15, 0.2) is 0 Å². The van der Waals surface area contributed by atoms with Crippen molar-refractivity contribution in [1.29, 1.82) is 0 Å². The van der Waals surface area contributed by atoms with Crippen LogP contribution in [0.25, 0.3) is 0 Å². The molecule has 0 radical (unpaired) electrons. The van der Waals surface area contributed by atoms with Crippen LogP contribution in [0.15, 0.2) is 23.1 Å². The highest BCUT2D eigenvalue weighted by Crippen LogP contribution is 2.29. The summed E-state index contributed by atoms with van der Waals surface area (Å²) in [6, 6.07) is 5.32. The van der Waals surface area contributed by atoms with Crippen molar-refractivity contribution in [2.45, 2.75) is 55.9 Å². The van der Waals surface area contributed by atoms with E-state index in [-0.39, 0.29) is 15.8 Å². The molecule has 2 saturated heterocycles. The molecule has 0 atom stereocenters. The number of carbonyl (C=O) groups is 1. The fourth-order valence-corrected chi connectivity index (χ4v) is 6.84. The van der Waals surface area contributed by atoms with Gasteiger partial charge in [-0.25, -0.2) is 8.42 Å². The summed E-state index contributed by atoms with van der Waals surface area (Å²) in [5.41, 5.74) is 0.402. The highest BCUT2D eigenvalue weighted by Gasteiger charge is 2.31. The van der Waals surface area contributed by atoms with Crippen LogP contribution in [0.4, 0.5) is 0 Å². The van der Waals surface area contributed by atoms with Gasteiger partial charge in [-0.15, -0.1) is 0 Å². The Bertz CT molecular complexity index is 841. The molecule has 0 aromatic heterocycles. The third kappa shape index (κ3) is 4.48. The van der Waals surface area contributed by atoms with Gasteiger partial charge < -0.3 is 4.90 Å². The fourth-order valence-electron chi connectivity index (χ4n) is 4.82. The van der Waals surface area contributed by atoms with Crippen LogP contribution in [0.1, 0.15) is 55.3 Å². The van der Waals surface area contributed by atoms with Crippen molar-refractivity contribution in [3.8, 4) is 0 Å². The van der Waals surface area contributed by atoms with Crippen LogP contribution in [0.2, 0.25) is 5.02 Å². The Morgan fingerprint density at radius 3 is 2.21 bits per heavy atom. The van der Waals surface area contributed by atoms with Gasteiger partial charge in [-0.1, -0.05) is 30.9 Å². The number of amides is 1. The Kier molecular flexibility index (Phi) is 6.49. The summed E-state index contributed by atoms with van der Waals surface area (Å²) in [5, 5.41) is 0.179. The second-order valence-electron chi connectivity index (χ2n) is 8.38. The van der Waals surface area contributed by atoms with Gasteiger partial charge >= 0.3 is 0 Å². The Balaban J connectivity index is 1.47. The Labute approximate surface area is 178 Å². The minimum atomic E-state index is -3.68. The van der Waals surface area contributed by atoms with Crippen LogP contribution < -0.4 is 0 Å². The van der Waals surface area contributed by atoms with Crippen molar-refractivity contribution in [2.24, 2.45) is 0 Å². The molecule has 2 heterocycles. The monoisotopic (exact) mass is 439 g/mol. The largest absolute Gasteiger partial charge is 0.336 e. The molecule has 0 N–H and O–H groups in total. The summed E-state index contributed by atoms with van der Waals surface area (Å²) in [4.78, 5) is 17.4. The molecule has 0 bridgehead atoms. The number of piperidine rings is 1. The van der Waals surface area contributed by atoms with Crippen molar-refractivity contribution in [1.82, 2.24) is 14.1 Å². The maximum atomic E-state index is 13.1. The summed E-state index contributed by atoms with van der Waals surface area (Å²) in [7, 11) is -3.68. The Hall–Kier alpha value is -1.15. The third-order valence-corrected chi connectivity index (χ3v) is 8.93. The van der Waals surface area contributed by atoms with Crippen LogP contribution in [0.5, 0.6) is 0 Å². The lowest BCUT2D eigenvalue weighted by atomic mass is 10.1. The third-order valence-electron chi connectivity index (χ3n) is 6.55. The molecule has 1 saturated carbocycles. The van der Waals surface area contributed by atoms with Gasteiger partial charge in [0.25, 0.3) is 5.91 Å². The first-order valence-electron chi connectivity index (χ1n) is 10.8. The zero-order valence-electron chi connectivity index (χ0n) is 16.9. The fraction of sp³-hybridized carbons (Fsp3) is 0.667. The molecule has 1 amide bonds. The lowest BCUT2D eigenvalue weighted by Gasteiger charge is -2.38. The molecule has 4 rings (SSSR count). The molecule has 8 heteroatoms. The SMILES string of the molecule is O=C(c1ccc(Cl)c(S(=O)(=O)N2CCCCC2)c1)N1CCN(C2CCCC2)CC1. The minimum absolute atomic E-state index is 0.0523. The zero-order chi connectivity index (χ0) is 20.4. The van der Waals surface area contributed by atoms with Gasteiger partial charge in [-0.3, -0.25) is 9.69 Å². The van der Waals surface area contributed by atoms with Gasteiger partial charge in [0.05, 0.1) is 5.02 Å².